The van der Waals surface area contributed by atoms with E-state index < -0.39 is 5.97 Å². The van der Waals surface area contributed by atoms with Gasteiger partial charge in [0.15, 0.2) is 12.4 Å². The zero-order valence-electron chi connectivity index (χ0n) is 16.9. The van der Waals surface area contributed by atoms with Gasteiger partial charge < -0.3 is 9.47 Å². The van der Waals surface area contributed by atoms with E-state index in [9.17, 15) is 14.0 Å². The largest absolute Gasteiger partial charge is 0.482 e. The number of rotatable bonds is 7. The van der Waals surface area contributed by atoms with Crippen molar-refractivity contribution in [1.82, 2.24) is 9.78 Å². The summed E-state index contributed by atoms with van der Waals surface area (Å²) in [5, 5.41) is 4.49. The van der Waals surface area contributed by atoms with Gasteiger partial charge in [-0.1, -0.05) is 0 Å². The fourth-order valence-electron chi connectivity index (χ4n) is 2.90. The van der Waals surface area contributed by atoms with E-state index in [0.29, 0.717) is 11.3 Å². The number of carbonyl (C=O) groups is 2. The molecule has 0 saturated carbocycles. The number of methoxy groups -OCH3 is 1. The zero-order valence-corrected chi connectivity index (χ0v) is 16.9. The van der Waals surface area contributed by atoms with Crippen molar-refractivity contribution in [3.05, 3.63) is 82.9 Å². The van der Waals surface area contributed by atoms with Gasteiger partial charge in [-0.05, 0) is 74.5 Å². The zero-order chi connectivity index (χ0) is 21.7. The first kappa shape index (κ1) is 21.0. The van der Waals surface area contributed by atoms with Crippen LogP contribution in [0.15, 0.2) is 54.6 Å². The average Bonchev–Trinajstić information content (AvgIpc) is 3.04. The number of nitrogens with zero attached hydrogens (tertiary/aromatic N) is 2. The summed E-state index contributed by atoms with van der Waals surface area (Å²) in [4.78, 5) is 23.6. The summed E-state index contributed by atoms with van der Waals surface area (Å²) in [6.45, 7) is 3.55. The molecule has 0 atom stereocenters. The van der Waals surface area contributed by atoms with Gasteiger partial charge in [0.1, 0.15) is 11.6 Å². The Kier molecular flexibility index (Phi) is 6.41. The molecule has 0 bridgehead atoms. The molecule has 0 N–H and O–H groups in total. The standard InChI is InChI=1S/C23H21FN2O4/c1-15-21(16(2)26(25-15)19-8-6-18(24)7-9-19)12-13-22(27)17-4-10-20(11-5-17)30-14-23(28)29-3/h4-13H,14H2,1-3H3/b13-12+. The van der Waals surface area contributed by atoms with E-state index in [1.165, 1.54) is 25.3 Å². The second kappa shape index (κ2) is 9.17. The quantitative estimate of drug-likeness (QED) is 0.335. The number of esters is 1. The smallest absolute Gasteiger partial charge is 0.343 e. The van der Waals surface area contributed by atoms with Crippen LogP contribution < -0.4 is 4.74 Å². The first-order valence-electron chi connectivity index (χ1n) is 9.23. The molecule has 0 aliphatic heterocycles. The minimum absolute atomic E-state index is 0.178. The van der Waals surface area contributed by atoms with Crippen molar-refractivity contribution in [3.63, 3.8) is 0 Å². The van der Waals surface area contributed by atoms with E-state index >= 15 is 0 Å². The van der Waals surface area contributed by atoms with E-state index in [-0.39, 0.29) is 18.2 Å². The molecule has 0 spiro atoms. The van der Waals surface area contributed by atoms with Gasteiger partial charge in [0.05, 0.1) is 18.5 Å². The molecule has 3 aromatic rings. The lowest BCUT2D eigenvalue weighted by atomic mass is 10.1. The lowest BCUT2D eigenvalue weighted by Gasteiger charge is -2.05. The minimum Gasteiger partial charge on any atom is -0.482 e. The molecule has 2 aromatic carbocycles. The SMILES string of the molecule is COC(=O)COc1ccc(C(=O)/C=C/c2c(C)nn(-c3ccc(F)cc3)c2C)cc1. The first-order valence-corrected chi connectivity index (χ1v) is 9.23. The van der Waals surface area contributed by atoms with E-state index in [2.05, 4.69) is 9.84 Å². The number of carbonyl (C=O) groups excluding carboxylic acids is 2. The maximum atomic E-state index is 13.2. The number of hydrogen-bond acceptors (Lipinski definition) is 5. The van der Waals surface area contributed by atoms with Gasteiger partial charge in [-0.2, -0.15) is 5.10 Å². The van der Waals surface area contributed by atoms with Gasteiger partial charge in [0.25, 0.3) is 0 Å². The van der Waals surface area contributed by atoms with Crippen LogP contribution in [0.2, 0.25) is 0 Å². The Balaban J connectivity index is 1.73. The highest BCUT2D eigenvalue weighted by atomic mass is 19.1. The van der Waals surface area contributed by atoms with Gasteiger partial charge in [-0.15, -0.1) is 0 Å². The van der Waals surface area contributed by atoms with Crippen LogP contribution in [0.1, 0.15) is 27.3 Å². The van der Waals surface area contributed by atoms with Crippen LogP contribution in [0.4, 0.5) is 4.39 Å². The van der Waals surface area contributed by atoms with Gasteiger partial charge >= 0.3 is 5.97 Å². The molecule has 0 fully saturated rings. The Bertz CT molecular complexity index is 1080. The lowest BCUT2D eigenvalue weighted by Crippen LogP contribution is -2.12. The van der Waals surface area contributed by atoms with Crippen LogP contribution in [0.5, 0.6) is 5.75 Å². The van der Waals surface area contributed by atoms with E-state index in [1.54, 1.807) is 47.2 Å². The molecule has 0 aliphatic rings. The summed E-state index contributed by atoms with van der Waals surface area (Å²) in [5.74, 6) is -0.506. The number of aryl methyl sites for hydroxylation is 1. The molecule has 7 heteroatoms. The van der Waals surface area contributed by atoms with E-state index in [4.69, 9.17) is 4.74 Å². The molecule has 1 aromatic heterocycles. The summed E-state index contributed by atoms with van der Waals surface area (Å²) in [5.41, 5.74) is 3.65. The van der Waals surface area contributed by atoms with Crippen LogP contribution >= 0.6 is 0 Å². The lowest BCUT2D eigenvalue weighted by molar-refractivity contribution is -0.142. The second-order valence-electron chi connectivity index (χ2n) is 6.56. The summed E-state index contributed by atoms with van der Waals surface area (Å²) < 4.78 is 24.7. The van der Waals surface area contributed by atoms with Crippen LogP contribution in [0, 0.1) is 19.7 Å². The van der Waals surface area contributed by atoms with Crippen LogP contribution in [-0.2, 0) is 9.53 Å². The van der Waals surface area contributed by atoms with Crippen molar-refractivity contribution < 1.29 is 23.5 Å². The number of benzene rings is 2. The summed E-state index contributed by atoms with van der Waals surface area (Å²) in [7, 11) is 1.28. The molecule has 3 rings (SSSR count). The van der Waals surface area contributed by atoms with Crippen molar-refractivity contribution in [2.45, 2.75) is 13.8 Å². The molecule has 1 heterocycles. The fraction of sp³-hybridized carbons (Fsp3) is 0.174. The third kappa shape index (κ3) is 4.81. The highest BCUT2D eigenvalue weighted by Gasteiger charge is 2.12. The van der Waals surface area contributed by atoms with Crippen molar-refractivity contribution in [2.75, 3.05) is 13.7 Å². The molecular formula is C23H21FN2O4. The minimum atomic E-state index is -0.481. The van der Waals surface area contributed by atoms with Crippen molar-refractivity contribution >= 4 is 17.8 Å². The first-order chi connectivity index (χ1) is 14.4. The molecule has 0 radical (unpaired) electrons. The number of ketones is 1. The fourth-order valence-corrected chi connectivity index (χ4v) is 2.90. The number of halogens is 1. The van der Waals surface area contributed by atoms with Gasteiger partial charge in [-0.25, -0.2) is 13.9 Å². The van der Waals surface area contributed by atoms with Gasteiger partial charge in [-0.3, -0.25) is 4.79 Å². The van der Waals surface area contributed by atoms with Crippen LogP contribution in [0.25, 0.3) is 11.8 Å². The number of allylic oxidation sites excluding steroid dienone is 1. The Labute approximate surface area is 173 Å². The monoisotopic (exact) mass is 408 g/mol. The normalized spacial score (nSPS) is 10.9. The maximum Gasteiger partial charge on any atom is 0.343 e. The predicted molar refractivity (Wildman–Crippen MR) is 110 cm³/mol. The molecule has 154 valence electrons. The third-order valence-electron chi connectivity index (χ3n) is 4.54. The third-order valence-corrected chi connectivity index (χ3v) is 4.54. The molecule has 30 heavy (non-hydrogen) atoms. The van der Waals surface area contributed by atoms with E-state index in [0.717, 1.165) is 22.6 Å². The molecular weight excluding hydrogens is 387 g/mol. The van der Waals surface area contributed by atoms with E-state index in [1.807, 2.05) is 13.8 Å². The molecule has 6 nitrogen and oxygen atoms in total. The molecule has 0 unspecified atom stereocenters. The number of ether oxygens (including phenoxy) is 2. The molecule has 0 saturated heterocycles. The topological polar surface area (TPSA) is 70.4 Å². The summed E-state index contributed by atoms with van der Waals surface area (Å²) >= 11 is 0. The van der Waals surface area contributed by atoms with Crippen LogP contribution in [0.3, 0.4) is 0 Å². The highest BCUT2D eigenvalue weighted by Crippen LogP contribution is 2.20. The molecule has 0 amide bonds. The second-order valence-corrected chi connectivity index (χ2v) is 6.56. The number of aromatic nitrogens is 2. The summed E-state index contributed by atoms with van der Waals surface area (Å²) in [6, 6.07) is 12.5. The van der Waals surface area contributed by atoms with Crippen LogP contribution in [-0.4, -0.2) is 35.2 Å². The number of hydrogen-bond donors (Lipinski definition) is 0. The Hall–Kier alpha value is -3.74. The Morgan fingerprint density at radius 3 is 2.37 bits per heavy atom. The Morgan fingerprint density at radius 2 is 1.73 bits per heavy atom. The summed E-state index contributed by atoms with van der Waals surface area (Å²) in [6.07, 6.45) is 3.21. The highest BCUT2D eigenvalue weighted by molar-refractivity contribution is 6.07. The van der Waals surface area contributed by atoms with Gasteiger partial charge in [0.2, 0.25) is 0 Å². The van der Waals surface area contributed by atoms with Gasteiger partial charge in [0, 0.05) is 16.8 Å². The Morgan fingerprint density at radius 1 is 1.07 bits per heavy atom. The van der Waals surface area contributed by atoms with Crippen molar-refractivity contribution in [1.29, 1.82) is 0 Å². The maximum absolute atomic E-state index is 13.2. The molecule has 0 aliphatic carbocycles. The van der Waals surface area contributed by atoms with Crippen molar-refractivity contribution in [3.8, 4) is 11.4 Å². The average molecular weight is 408 g/mol. The predicted octanol–water partition coefficient (Wildman–Crippen LogP) is 4.08. The van der Waals surface area contributed by atoms with Crippen molar-refractivity contribution in [2.24, 2.45) is 0 Å².